The molecule has 10 aromatic rings. The van der Waals surface area contributed by atoms with Crippen LogP contribution < -0.4 is 4.90 Å². The smallest absolute Gasteiger partial charge is 0.0543 e. The van der Waals surface area contributed by atoms with Crippen molar-refractivity contribution in [2.24, 2.45) is 0 Å². The molecule has 2 aliphatic carbocycles. The van der Waals surface area contributed by atoms with Crippen LogP contribution in [0.1, 0.15) is 49.9 Å². The molecule has 2 heteroatoms. The lowest BCUT2D eigenvalue weighted by molar-refractivity contribution is 0.660. The average Bonchev–Trinajstić information content (AvgIpc) is 3.83. The van der Waals surface area contributed by atoms with Gasteiger partial charge in [0.1, 0.15) is 0 Å². The van der Waals surface area contributed by atoms with Crippen LogP contribution in [0, 0.1) is 0 Å². The van der Waals surface area contributed by atoms with Crippen molar-refractivity contribution in [3.63, 3.8) is 0 Å². The topological polar surface area (TPSA) is 8.17 Å². The first kappa shape index (κ1) is 34.8. The standard InChI is InChI=1S/C58H44N2/c1-57(2)48-22-11-7-17-42(48)47-36-39(32-34-50(47)57)59(55-27-15-24-51-56(55)46-21-8-12-23-49(46)58(51,3)4)38-30-28-37(29-31-38)40-33-35-54(43-18-6-5-16-41(40)43)60-52-25-13-9-19-44(52)45-20-10-14-26-53(45)60/h5-36H,1-4H3. The number of anilines is 3. The molecular formula is C58H44N2. The van der Waals surface area contributed by atoms with Gasteiger partial charge in [0.15, 0.2) is 0 Å². The first-order valence-electron chi connectivity index (χ1n) is 21.2. The van der Waals surface area contributed by atoms with Crippen molar-refractivity contribution in [1.29, 1.82) is 0 Å². The second kappa shape index (κ2) is 12.7. The van der Waals surface area contributed by atoms with Crippen LogP contribution in [0.4, 0.5) is 17.1 Å². The van der Waals surface area contributed by atoms with Crippen molar-refractivity contribution >= 4 is 49.6 Å². The number of hydrogen-bond donors (Lipinski definition) is 0. The molecule has 0 saturated carbocycles. The van der Waals surface area contributed by atoms with Crippen molar-refractivity contribution in [3.05, 3.63) is 216 Å². The van der Waals surface area contributed by atoms with Crippen molar-refractivity contribution in [3.8, 4) is 39.1 Å². The van der Waals surface area contributed by atoms with Gasteiger partial charge >= 0.3 is 0 Å². The molecule has 0 atom stereocenters. The van der Waals surface area contributed by atoms with Gasteiger partial charge in [-0.25, -0.2) is 0 Å². The zero-order valence-corrected chi connectivity index (χ0v) is 34.4. The molecule has 9 aromatic carbocycles. The Morgan fingerprint density at radius 3 is 1.62 bits per heavy atom. The largest absolute Gasteiger partial charge is 0.310 e. The fraction of sp³-hybridized carbons (Fsp3) is 0.103. The molecule has 0 amide bonds. The molecule has 0 saturated heterocycles. The number of fused-ring (bicyclic) bond motifs is 10. The van der Waals surface area contributed by atoms with Gasteiger partial charge < -0.3 is 9.47 Å². The Morgan fingerprint density at radius 1 is 0.367 bits per heavy atom. The van der Waals surface area contributed by atoms with Crippen molar-refractivity contribution in [1.82, 2.24) is 4.57 Å². The van der Waals surface area contributed by atoms with Crippen LogP contribution in [0.5, 0.6) is 0 Å². The van der Waals surface area contributed by atoms with Gasteiger partial charge in [-0.05, 0) is 104 Å². The summed E-state index contributed by atoms with van der Waals surface area (Å²) in [6.07, 6.45) is 0. The number of aromatic nitrogens is 1. The highest BCUT2D eigenvalue weighted by Gasteiger charge is 2.39. The summed E-state index contributed by atoms with van der Waals surface area (Å²) in [7, 11) is 0. The minimum absolute atomic E-state index is 0.0617. The zero-order valence-electron chi connectivity index (χ0n) is 34.4. The highest BCUT2D eigenvalue weighted by atomic mass is 15.1. The van der Waals surface area contributed by atoms with Crippen molar-refractivity contribution < 1.29 is 0 Å². The van der Waals surface area contributed by atoms with E-state index in [0.717, 1.165) is 11.4 Å². The van der Waals surface area contributed by atoms with Crippen molar-refractivity contribution in [2.75, 3.05) is 4.90 Å². The van der Waals surface area contributed by atoms with Crippen LogP contribution in [0.15, 0.2) is 194 Å². The molecule has 2 aliphatic rings. The molecule has 60 heavy (non-hydrogen) atoms. The van der Waals surface area contributed by atoms with E-state index in [4.69, 9.17) is 0 Å². The normalized spacial score (nSPS) is 14.3. The minimum atomic E-state index is -0.106. The van der Waals surface area contributed by atoms with Gasteiger partial charge in [-0.15, -0.1) is 0 Å². The highest BCUT2D eigenvalue weighted by molar-refractivity contribution is 6.11. The molecule has 2 nitrogen and oxygen atoms in total. The molecule has 286 valence electrons. The van der Waals surface area contributed by atoms with E-state index in [0.29, 0.717) is 0 Å². The third-order valence-corrected chi connectivity index (χ3v) is 13.8. The van der Waals surface area contributed by atoms with Crippen LogP contribution in [0.25, 0.3) is 71.6 Å². The lowest BCUT2D eigenvalue weighted by Crippen LogP contribution is -2.16. The Labute approximate surface area is 351 Å². The number of nitrogens with zero attached hydrogens (tertiary/aromatic N) is 2. The molecule has 1 heterocycles. The maximum atomic E-state index is 2.50. The van der Waals surface area contributed by atoms with Gasteiger partial charge in [0.05, 0.1) is 22.4 Å². The molecule has 1 aromatic heterocycles. The summed E-state index contributed by atoms with van der Waals surface area (Å²) >= 11 is 0. The van der Waals surface area contributed by atoms with Crippen LogP contribution in [0.3, 0.4) is 0 Å². The van der Waals surface area contributed by atoms with Crippen LogP contribution >= 0.6 is 0 Å². The Morgan fingerprint density at radius 2 is 0.900 bits per heavy atom. The molecule has 0 radical (unpaired) electrons. The highest BCUT2D eigenvalue weighted by Crippen LogP contribution is 2.56. The van der Waals surface area contributed by atoms with Gasteiger partial charge in [0, 0.05) is 43.9 Å². The number of benzene rings is 9. The molecular weight excluding hydrogens is 725 g/mol. The Bertz CT molecular complexity index is 3320. The van der Waals surface area contributed by atoms with Crippen molar-refractivity contribution in [2.45, 2.75) is 38.5 Å². The first-order valence-corrected chi connectivity index (χ1v) is 21.2. The number of para-hydroxylation sites is 2. The zero-order chi connectivity index (χ0) is 40.3. The summed E-state index contributed by atoms with van der Waals surface area (Å²) in [4.78, 5) is 2.50. The quantitative estimate of drug-likeness (QED) is 0.169. The van der Waals surface area contributed by atoms with Crippen LogP contribution in [-0.2, 0) is 10.8 Å². The molecule has 0 bridgehead atoms. The summed E-state index contributed by atoms with van der Waals surface area (Å²) in [5.74, 6) is 0. The third kappa shape index (κ3) is 4.82. The van der Waals surface area contributed by atoms with E-state index in [1.165, 1.54) is 99.6 Å². The fourth-order valence-electron chi connectivity index (χ4n) is 10.9. The number of hydrogen-bond acceptors (Lipinski definition) is 1. The first-order chi connectivity index (χ1) is 29.3. The van der Waals surface area contributed by atoms with E-state index in [-0.39, 0.29) is 10.8 Å². The van der Waals surface area contributed by atoms with Gasteiger partial charge in [-0.2, -0.15) is 0 Å². The summed E-state index contributed by atoms with van der Waals surface area (Å²) < 4.78 is 2.44. The Hall–Kier alpha value is -7.16. The van der Waals surface area contributed by atoms with Gasteiger partial charge in [0.2, 0.25) is 0 Å². The second-order valence-electron chi connectivity index (χ2n) is 17.7. The van der Waals surface area contributed by atoms with E-state index >= 15 is 0 Å². The van der Waals surface area contributed by atoms with Gasteiger partial charge in [-0.1, -0.05) is 173 Å². The van der Waals surface area contributed by atoms with Gasteiger partial charge in [-0.3, -0.25) is 0 Å². The molecule has 12 rings (SSSR count). The predicted octanol–water partition coefficient (Wildman–Crippen LogP) is 15.7. The van der Waals surface area contributed by atoms with E-state index in [2.05, 4.69) is 231 Å². The average molecular weight is 769 g/mol. The Kier molecular flexibility index (Phi) is 7.36. The van der Waals surface area contributed by atoms with E-state index in [9.17, 15) is 0 Å². The second-order valence-corrected chi connectivity index (χ2v) is 17.7. The fourth-order valence-corrected chi connectivity index (χ4v) is 10.9. The summed E-state index contributed by atoms with van der Waals surface area (Å²) in [5, 5.41) is 5.01. The molecule has 0 N–H and O–H groups in total. The lowest BCUT2D eigenvalue weighted by atomic mass is 9.82. The maximum absolute atomic E-state index is 2.50. The molecule has 0 aliphatic heterocycles. The molecule has 0 spiro atoms. The maximum Gasteiger partial charge on any atom is 0.0543 e. The van der Waals surface area contributed by atoms with Gasteiger partial charge in [0.25, 0.3) is 0 Å². The summed E-state index contributed by atoms with van der Waals surface area (Å²) in [5.41, 5.74) is 20.2. The predicted molar refractivity (Wildman–Crippen MR) is 254 cm³/mol. The number of rotatable bonds is 5. The van der Waals surface area contributed by atoms with E-state index in [1.54, 1.807) is 0 Å². The van der Waals surface area contributed by atoms with Crippen LogP contribution in [0.2, 0.25) is 0 Å². The minimum Gasteiger partial charge on any atom is -0.310 e. The Balaban J connectivity index is 1.03. The van der Waals surface area contributed by atoms with E-state index < -0.39 is 0 Å². The lowest BCUT2D eigenvalue weighted by Gasteiger charge is -2.30. The van der Waals surface area contributed by atoms with E-state index in [1.807, 2.05) is 0 Å². The summed E-state index contributed by atoms with van der Waals surface area (Å²) in [6.45, 7) is 9.45. The molecule has 0 unspecified atom stereocenters. The third-order valence-electron chi connectivity index (χ3n) is 13.8. The monoisotopic (exact) mass is 768 g/mol. The SMILES string of the molecule is CC1(C)c2ccccc2-c2cc(N(c3ccc(-c4ccc(-n5c6ccccc6c6ccccc65)c5ccccc45)cc3)c3cccc4c3-c3ccccc3C4(C)C)ccc21. The molecule has 0 fully saturated rings. The van der Waals surface area contributed by atoms with Crippen LogP contribution in [-0.4, -0.2) is 4.57 Å². The summed E-state index contributed by atoms with van der Waals surface area (Å²) in [6, 6.07) is 72.3.